The smallest absolute Gasteiger partial charge is 0.229 e. The van der Waals surface area contributed by atoms with Crippen LogP contribution in [0.1, 0.15) is 0 Å². The van der Waals surface area contributed by atoms with Crippen LogP contribution in [0, 0.1) is 0 Å². The van der Waals surface area contributed by atoms with Crippen molar-refractivity contribution in [2.24, 2.45) is 0 Å². The quantitative estimate of drug-likeness (QED) is 0.582. The van der Waals surface area contributed by atoms with E-state index in [4.69, 9.17) is 11.8 Å². The van der Waals surface area contributed by atoms with E-state index in [0.717, 1.165) is 7.05 Å². The van der Waals surface area contributed by atoms with Crippen LogP contribution in [0.25, 0.3) is 0 Å². The lowest BCUT2D eigenvalue weighted by atomic mass is 10.9. The minimum absolute atomic E-state index is 0.479. The lowest BCUT2D eigenvalue weighted by Gasteiger charge is -2.04. The Hall–Kier alpha value is 0.130. The van der Waals surface area contributed by atoms with Crippen molar-refractivity contribution < 1.29 is 12.8 Å². The Labute approximate surface area is 58.6 Å². The zero-order valence-corrected chi connectivity index (χ0v) is 6.41. The summed E-state index contributed by atoms with van der Waals surface area (Å²) in [5.74, 6) is -0.549. The molecule has 0 bridgehead atoms. The zero-order chi connectivity index (χ0) is 7.49. The number of alkyl halides is 1. The van der Waals surface area contributed by atoms with Gasteiger partial charge in [0.15, 0.2) is 0 Å². The van der Waals surface area contributed by atoms with Crippen molar-refractivity contribution >= 4 is 21.8 Å². The van der Waals surface area contributed by atoms with E-state index < -0.39 is 22.5 Å². The van der Waals surface area contributed by atoms with E-state index in [1.54, 1.807) is 0 Å². The van der Waals surface area contributed by atoms with Gasteiger partial charge in [0.1, 0.15) is 6.67 Å². The second-order valence-electron chi connectivity index (χ2n) is 1.40. The summed E-state index contributed by atoms with van der Waals surface area (Å²) in [4.78, 5) is 0. The highest BCUT2D eigenvalue weighted by Crippen LogP contribution is 2.00. The Bertz CT molecular complexity index is 167. The van der Waals surface area contributed by atoms with Crippen LogP contribution in [-0.2, 0) is 10.0 Å². The molecule has 0 fully saturated rings. The normalized spacial score (nSPS) is 12.4. The van der Waals surface area contributed by atoms with Crippen molar-refractivity contribution in [1.29, 1.82) is 0 Å². The first kappa shape index (κ1) is 9.13. The Kier molecular flexibility index (Phi) is 3.38. The molecule has 0 rings (SSSR count). The van der Waals surface area contributed by atoms with E-state index in [2.05, 4.69) is 0 Å². The fourth-order valence-electron chi connectivity index (χ4n) is 0.223. The highest BCUT2D eigenvalue weighted by Gasteiger charge is 2.13. The lowest BCUT2D eigenvalue weighted by Crippen LogP contribution is -2.21. The van der Waals surface area contributed by atoms with Crippen LogP contribution >= 0.6 is 11.8 Å². The standard InChI is InChI=1S/C3H7ClFNO2S/c1-6(4)9(7,8)3-2-5/h2-3H2,1H3. The van der Waals surface area contributed by atoms with Gasteiger partial charge in [-0.2, -0.15) is 0 Å². The number of nitrogens with zero attached hydrogens (tertiary/aromatic N) is 1. The average molecular weight is 176 g/mol. The van der Waals surface area contributed by atoms with Gasteiger partial charge in [-0.25, -0.2) is 12.8 Å². The Morgan fingerprint density at radius 2 is 2.11 bits per heavy atom. The summed E-state index contributed by atoms with van der Waals surface area (Å²) in [6.45, 7) is -0.903. The molecule has 0 aliphatic rings. The molecule has 0 spiro atoms. The van der Waals surface area contributed by atoms with E-state index in [1.165, 1.54) is 0 Å². The van der Waals surface area contributed by atoms with Gasteiger partial charge in [-0.15, -0.1) is 3.82 Å². The number of hydrogen-bond acceptors (Lipinski definition) is 2. The molecule has 0 aliphatic carbocycles. The first-order valence-electron chi connectivity index (χ1n) is 2.19. The van der Waals surface area contributed by atoms with Crippen LogP contribution in [-0.4, -0.2) is 31.7 Å². The monoisotopic (exact) mass is 175 g/mol. The predicted molar refractivity (Wildman–Crippen MR) is 33.4 cm³/mol. The third-order valence-electron chi connectivity index (χ3n) is 0.718. The topological polar surface area (TPSA) is 37.4 Å². The molecule has 0 aromatic carbocycles. The van der Waals surface area contributed by atoms with Crippen molar-refractivity contribution in [3.05, 3.63) is 0 Å². The Morgan fingerprint density at radius 1 is 1.67 bits per heavy atom. The van der Waals surface area contributed by atoms with Gasteiger partial charge in [0.25, 0.3) is 0 Å². The van der Waals surface area contributed by atoms with E-state index in [1.807, 2.05) is 0 Å². The maximum atomic E-state index is 11.4. The van der Waals surface area contributed by atoms with Gasteiger partial charge in [0.2, 0.25) is 10.0 Å². The minimum atomic E-state index is -3.52. The molecular weight excluding hydrogens is 169 g/mol. The molecule has 56 valence electrons. The Morgan fingerprint density at radius 3 is 2.22 bits per heavy atom. The number of sulfonamides is 1. The highest BCUT2D eigenvalue weighted by molar-refractivity contribution is 7.89. The van der Waals surface area contributed by atoms with Crippen molar-refractivity contribution in [1.82, 2.24) is 3.82 Å². The van der Waals surface area contributed by atoms with E-state index >= 15 is 0 Å². The van der Waals surface area contributed by atoms with Gasteiger partial charge < -0.3 is 0 Å². The van der Waals surface area contributed by atoms with Crippen molar-refractivity contribution in [3.8, 4) is 0 Å². The van der Waals surface area contributed by atoms with Crippen LogP contribution in [0.2, 0.25) is 0 Å². The fourth-order valence-corrected chi connectivity index (χ4v) is 0.877. The molecule has 0 saturated heterocycles. The third kappa shape index (κ3) is 2.98. The van der Waals surface area contributed by atoms with Crippen LogP contribution in [0.15, 0.2) is 0 Å². The molecule has 0 aliphatic heterocycles. The molecule has 0 heterocycles. The molecule has 0 N–H and O–H groups in total. The number of hydrogen-bond donors (Lipinski definition) is 0. The van der Waals surface area contributed by atoms with Gasteiger partial charge in [0.05, 0.1) is 5.75 Å². The average Bonchev–Trinajstić information content (AvgIpc) is 1.65. The molecule has 0 atom stereocenters. The SMILES string of the molecule is CN(Cl)S(=O)(=O)CCF. The lowest BCUT2D eigenvalue weighted by molar-refractivity contribution is 0.506. The molecular formula is C3H7ClFNO2S. The summed E-state index contributed by atoms with van der Waals surface area (Å²) < 4.78 is 32.8. The molecule has 0 saturated carbocycles. The fraction of sp³-hybridized carbons (Fsp3) is 1.00. The second kappa shape index (κ2) is 3.34. The molecule has 0 unspecified atom stereocenters. The van der Waals surface area contributed by atoms with E-state index in [0.29, 0.717) is 3.82 Å². The van der Waals surface area contributed by atoms with Gasteiger partial charge in [-0.3, -0.25) is 0 Å². The molecule has 0 aromatic heterocycles. The molecule has 3 nitrogen and oxygen atoms in total. The van der Waals surface area contributed by atoms with Crippen molar-refractivity contribution in [2.75, 3.05) is 19.5 Å². The first-order chi connectivity index (χ1) is 4.00. The Balaban J connectivity index is 4.05. The highest BCUT2D eigenvalue weighted by atomic mass is 35.5. The number of rotatable bonds is 3. The van der Waals surface area contributed by atoms with Crippen LogP contribution < -0.4 is 0 Å². The third-order valence-corrected chi connectivity index (χ3v) is 2.79. The molecule has 0 amide bonds. The van der Waals surface area contributed by atoms with Gasteiger partial charge in [-0.1, -0.05) is 0 Å². The summed E-state index contributed by atoms with van der Waals surface area (Å²) in [7, 11) is -2.38. The molecule has 6 heteroatoms. The number of halogens is 2. The van der Waals surface area contributed by atoms with Crippen LogP contribution in [0.3, 0.4) is 0 Å². The molecule has 0 aromatic rings. The van der Waals surface area contributed by atoms with E-state index in [9.17, 15) is 12.8 Å². The summed E-state index contributed by atoms with van der Waals surface area (Å²) >= 11 is 5.03. The van der Waals surface area contributed by atoms with Gasteiger partial charge in [0, 0.05) is 7.05 Å². The largest absolute Gasteiger partial charge is 0.250 e. The van der Waals surface area contributed by atoms with Crippen molar-refractivity contribution in [2.45, 2.75) is 0 Å². The predicted octanol–water partition coefficient (Wildman–Crippen LogP) is 0.371. The van der Waals surface area contributed by atoms with Crippen LogP contribution in [0.5, 0.6) is 0 Å². The maximum Gasteiger partial charge on any atom is 0.229 e. The van der Waals surface area contributed by atoms with E-state index in [-0.39, 0.29) is 0 Å². The van der Waals surface area contributed by atoms with Crippen molar-refractivity contribution in [3.63, 3.8) is 0 Å². The summed E-state index contributed by atoms with van der Waals surface area (Å²) in [6.07, 6.45) is 0. The zero-order valence-electron chi connectivity index (χ0n) is 4.84. The second-order valence-corrected chi connectivity index (χ2v) is 4.22. The minimum Gasteiger partial charge on any atom is -0.250 e. The molecule has 9 heavy (non-hydrogen) atoms. The van der Waals surface area contributed by atoms with Crippen LogP contribution in [0.4, 0.5) is 4.39 Å². The summed E-state index contributed by atoms with van der Waals surface area (Å²) in [5, 5.41) is 0. The first-order valence-corrected chi connectivity index (χ1v) is 4.14. The van der Waals surface area contributed by atoms with Gasteiger partial charge in [-0.05, 0) is 11.8 Å². The van der Waals surface area contributed by atoms with Gasteiger partial charge >= 0.3 is 0 Å². The maximum absolute atomic E-state index is 11.4. The molecule has 0 radical (unpaired) electrons. The summed E-state index contributed by atoms with van der Waals surface area (Å²) in [6, 6.07) is 0. The summed E-state index contributed by atoms with van der Waals surface area (Å²) in [5.41, 5.74) is 0.